The number of esters is 1. The van der Waals surface area contributed by atoms with Gasteiger partial charge in [-0.15, -0.1) is 11.3 Å². The van der Waals surface area contributed by atoms with Gasteiger partial charge in [-0.25, -0.2) is 9.78 Å². The zero-order chi connectivity index (χ0) is 21.7. The topological polar surface area (TPSA) is 77.5 Å². The number of benzene rings is 2. The first kappa shape index (κ1) is 21.7. The molecule has 0 aliphatic rings. The molecule has 3 rings (SSSR count). The van der Waals surface area contributed by atoms with Gasteiger partial charge in [0.2, 0.25) is 0 Å². The number of ether oxygens (including phenoxy) is 2. The van der Waals surface area contributed by atoms with Crippen LogP contribution in [-0.4, -0.2) is 30.1 Å². The van der Waals surface area contributed by atoms with Crippen LogP contribution < -0.4 is 10.1 Å². The number of hydrogen-bond acceptors (Lipinski definition) is 6. The summed E-state index contributed by atoms with van der Waals surface area (Å²) in [5.41, 5.74) is 1.62. The van der Waals surface area contributed by atoms with Crippen molar-refractivity contribution in [3.05, 3.63) is 64.1 Å². The lowest BCUT2D eigenvalue weighted by Gasteiger charge is -2.09. The van der Waals surface area contributed by atoms with Crippen molar-refractivity contribution in [1.29, 1.82) is 0 Å². The molecule has 30 heavy (non-hydrogen) atoms. The summed E-state index contributed by atoms with van der Waals surface area (Å²) in [6.45, 7) is -1.87. The summed E-state index contributed by atoms with van der Waals surface area (Å²) in [6, 6.07) is 13.2. The highest BCUT2D eigenvalue weighted by Gasteiger charge is 2.19. The van der Waals surface area contributed by atoms with E-state index >= 15 is 0 Å². The van der Waals surface area contributed by atoms with Crippen LogP contribution in [0.25, 0.3) is 10.6 Å². The van der Waals surface area contributed by atoms with Crippen molar-refractivity contribution in [2.45, 2.75) is 13.5 Å². The minimum atomic E-state index is -3.01. The second kappa shape index (κ2) is 9.64. The summed E-state index contributed by atoms with van der Waals surface area (Å²) in [5, 5.41) is 3.03. The van der Waals surface area contributed by atoms with Crippen molar-refractivity contribution in [2.75, 3.05) is 11.9 Å². The fraction of sp³-hybridized carbons (Fsp3) is 0.150. The molecule has 156 valence electrons. The van der Waals surface area contributed by atoms with E-state index in [0.29, 0.717) is 15.6 Å². The van der Waals surface area contributed by atoms with Crippen LogP contribution >= 0.6 is 22.9 Å². The number of nitrogens with zero attached hydrogens (tertiary/aromatic N) is 1. The average molecular weight is 453 g/mol. The summed E-state index contributed by atoms with van der Waals surface area (Å²) in [7, 11) is 0. The van der Waals surface area contributed by atoms with E-state index < -0.39 is 25.1 Å². The lowest BCUT2D eigenvalue weighted by atomic mass is 10.2. The maximum atomic E-state index is 12.3. The quantitative estimate of drug-likeness (QED) is 0.500. The normalized spacial score (nSPS) is 10.7. The number of anilines is 1. The zero-order valence-corrected chi connectivity index (χ0v) is 17.1. The molecule has 0 spiro atoms. The maximum Gasteiger partial charge on any atom is 0.387 e. The number of carbonyl (C=O) groups excluding carboxylic acids is 2. The molecule has 0 atom stereocenters. The van der Waals surface area contributed by atoms with Crippen LogP contribution in [0.3, 0.4) is 0 Å². The second-order valence-corrected chi connectivity index (χ2v) is 7.35. The lowest BCUT2D eigenvalue weighted by molar-refractivity contribution is -0.119. The zero-order valence-electron chi connectivity index (χ0n) is 15.5. The largest absolute Gasteiger partial charge is 0.451 e. The Morgan fingerprint density at radius 1 is 1.20 bits per heavy atom. The number of alkyl halides is 2. The number of hydrogen-bond donors (Lipinski definition) is 1. The van der Waals surface area contributed by atoms with Gasteiger partial charge >= 0.3 is 12.6 Å². The fourth-order valence-corrected chi connectivity index (χ4v) is 3.64. The number of aromatic nitrogens is 1. The second-order valence-electron chi connectivity index (χ2n) is 5.95. The summed E-state index contributed by atoms with van der Waals surface area (Å²) in [6.07, 6.45) is 0. The van der Waals surface area contributed by atoms with Gasteiger partial charge in [0.05, 0.1) is 10.7 Å². The number of carbonyl (C=O) groups is 2. The molecule has 1 amide bonds. The molecule has 2 aromatic carbocycles. The van der Waals surface area contributed by atoms with Crippen LogP contribution in [0.15, 0.2) is 48.5 Å². The van der Waals surface area contributed by atoms with E-state index in [1.54, 1.807) is 6.92 Å². The highest BCUT2D eigenvalue weighted by molar-refractivity contribution is 7.17. The Labute approximate surface area is 179 Å². The van der Waals surface area contributed by atoms with E-state index in [1.807, 2.05) is 30.3 Å². The number of rotatable bonds is 7. The van der Waals surface area contributed by atoms with Gasteiger partial charge < -0.3 is 14.8 Å². The Morgan fingerprint density at radius 2 is 1.93 bits per heavy atom. The third-order valence-electron chi connectivity index (χ3n) is 3.77. The van der Waals surface area contributed by atoms with Gasteiger partial charge in [-0.1, -0.05) is 41.9 Å². The first-order chi connectivity index (χ1) is 14.3. The molecule has 0 saturated carbocycles. The molecule has 0 aliphatic heterocycles. The minimum Gasteiger partial charge on any atom is -0.451 e. The van der Waals surface area contributed by atoms with Gasteiger partial charge in [-0.05, 0) is 25.1 Å². The molecule has 0 saturated heterocycles. The van der Waals surface area contributed by atoms with Crippen molar-refractivity contribution in [3.63, 3.8) is 0 Å². The van der Waals surface area contributed by atoms with E-state index in [-0.39, 0.29) is 16.5 Å². The van der Waals surface area contributed by atoms with Crippen LogP contribution in [0.5, 0.6) is 5.75 Å². The maximum absolute atomic E-state index is 12.3. The Kier molecular flexibility index (Phi) is 6.96. The van der Waals surface area contributed by atoms with Crippen molar-refractivity contribution in [1.82, 2.24) is 4.98 Å². The smallest absolute Gasteiger partial charge is 0.387 e. The Hall–Kier alpha value is -3.04. The van der Waals surface area contributed by atoms with Gasteiger partial charge in [0.25, 0.3) is 5.91 Å². The predicted octanol–water partition coefficient (Wildman–Crippen LogP) is 5.17. The van der Waals surface area contributed by atoms with Crippen molar-refractivity contribution >= 4 is 40.5 Å². The highest BCUT2D eigenvalue weighted by atomic mass is 35.5. The molecule has 1 N–H and O–H groups in total. The van der Waals surface area contributed by atoms with E-state index in [9.17, 15) is 18.4 Å². The number of thiazole rings is 1. The predicted molar refractivity (Wildman–Crippen MR) is 109 cm³/mol. The molecule has 10 heteroatoms. The average Bonchev–Trinajstić information content (AvgIpc) is 3.10. The SMILES string of the molecule is Cc1nc(-c2ccccc2)sc1C(=O)OCC(=O)Nc1ccc(OC(F)F)c(Cl)c1. The van der Waals surface area contributed by atoms with E-state index in [1.165, 1.54) is 29.5 Å². The monoisotopic (exact) mass is 452 g/mol. The molecular weight excluding hydrogens is 438 g/mol. The van der Waals surface area contributed by atoms with E-state index in [2.05, 4.69) is 15.0 Å². The summed E-state index contributed by atoms with van der Waals surface area (Å²) in [4.78, 5) is 29.0. The van der Waals surface area contributed by atoms with Crippen molar-refractivity contribution in [2.24, 2.45) is 0 Å². The lowest BCUT2D eigenvalue weighted by Crippen LogP contribution is -2.20. The molecule has 1 heterocycles. The molecule has 0 unspecified atom stereocenters. The highest BCUT2D eigenvalue weighted by Crippen LogP contribution is 2.29. The Morgan fingerprint density at radius 3 is 2.60 bits per heavy atom. The third kappa shape index (κ3) is 5.52. The van der Waals surface area contributed by atoms with Crippen LogP contribution in [-0.2, 0) is 9.53 Å². The summed E-state index contributed by atoms with van der Waals surface area (Å²) in [5.74, 6) is -1.50. The number of amides is 1. The first-order valence-electron chi connectivity index (χ1n) is 8.57. The molecule has 6 nitrogen and oxygen atoms in total. The standard InChI is InChI=1S/C20H15ClF2N2O4S/c1-11-17(30-18(24-11)12-5-3-2-4-6-12)19(27)28-10-16(26)25-13-7-8-15(14(21)9-13)29-20(22)23/h2-9,20H,10H2,1H3,(H,25,26). The number of halogens is 3. The number of nitrogens with one attached hydrogen (secondary N) is 1. The van der Waals surface area contributed by atoms with E-state index in [0.717, 1.165) is 5.56 Å². The van der Waals surface area contributed by atoms with Gasteiger partial charge in [0.1, 0.15) is 15.6 Å². The number of aryl methyl sites for hydroxylation is 1. The van der Waals surface area contributed by atoms with Gasteiger partial charge in [-0.3, -0.25) is 4.79 Å². The van der Waals surface area contributed by atoms with Crippen molar-refractivity contribution < 1.29 is 27.8 Å². The summed E-state index contributed by atoms with van der Waals surface area (Å²) >= 11 is 7.01. The third-order valence-corrected chi connectivity index (χ3v) is 5.25. The molecule has 0 aliphatic carbocycles. The molecule has 0 fully saturated rings. The molecular formula is C20H15ClF2N2O4S. The summed E-state index contributed by atoms with van der Waals surface area (Å²) < 4.78 is 33.8. The van der Waals surface area contributed by atoms with Gasteiger partial charge in [0, 0.05) is 11.3 Å². The molecule has 3 aromatic rings. The minimum absolute atomic E-state index is 0.0983. The van der Waals surface area contributed by atoms with Gasteiger partial charge in [0.15, 0.2) is 6.61 Å². The molecule has 0 bridgehead atoms. The van der Waals surface area contributed by atoms with Crippen LogP contribution in [0.1, 0.15) is 15.4 Å². The fourth-order valence-electron chi connectivity index (χ4n) is 2.45. The Bertz CT molecular complexity index is 1060. The van der Waals surface area contributed by atoms with Crippen molar-refractivity contribution in [3.8, 4) is 16.3 Å². The van der Waals surface area contributed by atoms with E-state index in [4.69, 9.17) is 16.3 Å². The molecule has 0 radical (unpaired) electrons. The van der Waals surface area contributed by atoms with Crippen LogP contribution in [0, 0.1) is 6.92 Å². The first-order valence-corrected chi connectivity index (χ1v) is 9.77. The molecule has 1 aromatic heterocycles. The van der Waals surface area contributed by atoms with Gasteiger partial charge in [-0.2, -0.15) is 8.78 Å². The van der Waals surface area contributed by atoms with Crippen LogP contribution in [0.2, 0.25) is 5.02 Å². The van der Waals surface area contributed by atoms with Crippen LogP contribution in [0.4, 0.5) is 14.5 Å². The Balaban J connectivity index is 1.58.